The van der Waals surface area contributed by atoms with E-state index >= 15 is 0 Å². The molecule has 2 aromatic carbocycles. The summed E-state index contributed by atoms with van der Waals surface area (Å²) in [4.78, 5) is 12.3. The van der Waals surface area contributed by atoms with Crippen LogP contribution in [-0.4, -0.2) is 12.0 Å². The van der Waals surface area contributed by atoms with E-state index in [1.807, 2.05) is 43.3 Å². The van der Waals surface area contributed by atoms with Crippen LogP contribution in [-0.2, 0) is 11.2 Å². The highest BCUT2D eigenvalue weighted by Crippen LogP contribution is 2.22. The minimum absolute atomic E-state index is 0.199. The molecule has 0 fully saturated rings. The van der Waals surface area contributed by atoms with Gasteiger partial charge in [-0.2, -0.15) is 0 Å². The van der Waals surface area contributed by atoms with Crippen molar-refractivity contribution in [2.24, 2.45) is 0 Å². The van der Waals surface area contributed by atoms with Gasteiger partial charge >= 0.3 is 0 Å². The van der Waals surface area contributed by atoms with Crippen molar-refractivity contribution in [3.8, 4) is 5.75 Å². The van der Waals surface area contributed by atoms with Gasteiger partial charge in [0.2, 0.25) is 0 Å². The number of benzene rings is 2. The van der Waals surface area contributed by atoms with Crippen molar-refractivity contribution in [3.05, 3.63) is 59.1 Å². The van der Waals surface area contributed by atoms with Crippen LogP contribution in [0.25, 0.3) is 0 Å². The number of amides is 1. The standard InChI is InChI=1S/C18H20ClNO2/c1-3-13-9-11-14(12-10-13)22-17(4-2)18(21)20-16-8-6-5-7-15(16)19/h5-12,17H,3-4H2,1-2H3,(H,20,21)/t17-/m1/s1. The van der Waals surface area contributed by atoms with Crippen LogP contribution >= 0.6 is 11.6 Å². The van der Waals surface area contributed by atoms with Gasteiger partial charge < -0.3 is 10.1 Å². The summed E-state index contributed by atoms with van der Waals surface area (Å²) in [6, 6.07) is 15.0. The molecule has 0 aromatic heterocycles. The Balaban J connectivity index is 2.03. The highest BCUT2D eigenvalue weighted by atomic mass is 35.5. The van der Waals surface area contributed by atoms with E-state index < -0.39 is 6.10 Å². The number of anilines is 1. The topological polar surface area (TPSA) is 38.3 Å². The zero-order valence-corrected chi connectivity index (χ0v) is 13.6. The Morgan fingerprint density at radius 3 is 2.41 bits per heavy atom. The number of ether oxygens (including phenoxy) is 1. The third kappa shape index (κ3) is 4.25. The minimum atomic E-state index is -0.552. The Labute approximate surface area is 136 Å². The number of hydrogen-bond acceptors (Lipinski definition) is 2. The summed E-state index contributed by atoms with van der Waals surface area (Å²) < 4.78 is 5.78. The molecule has 0 radical (unpaired) electrons. The smallest absolute Gasteiger partial charge is 0.265 e. The second-order valence-electron chi connectivity index (χ2n) is 4.98. The summed E-state index contributed by atoms with van der Waals surface area (Å²) in [6.45, 7) is 4.01. The maximum Gasteiger partial charge on any atom is 0.265 e. The van der Waals surface area contributed by atoms with Crippen molar-refractivity contribution in [1.82, 2.24) is 0 Å². The average molecular weight is 318 g/mol. The molecule has 4 heteroatoms. The van der Waals surface area contributed by atoms with E-state index in [0.29, 0.717) is 22.9 Å². The summed E-state index contributed by atoms with van der Waals surface area (Å²) in [5.41, 5.74) is 1.83. The van der Waals surface area contributed by atoms with E-state index in [9.17, 15) is 4.79 Å². The number of hydrogen-bond donors (Lipinski definition) is 1. The van der Waals surface area contributed by atoms with Gasteiger partial charge in [0.25, 0.3) is 5.91 Å². The van der Waals surface area contributed by atoms with Crippen molar-refractivity contribution in [3.63, 3.8) is 0 Å². The molecule has 2 rings (SSSR count). The molecule has 0 unspecified atom stereocenters. The number of rotatable bonds is 6. The molecule has 0 bridgehead atoms. The van der Waals surface area contributed by atoms with E-state index in [4.69, 9.17) is 16.3 Å². The Kier molecular flexibility index (Phi) is 5.84. The zero-order valence-electron chi connectivity index (χ0n) is 12.8. The summed E-state index contributed by atoms with van der Waals surface area (Å²) in [6.07, 6.45) is 1.000. The molecule has 1 amide bonds. The minimum Gasteiger partial charge on any atom is -0.481 e. The van der Waals surface area contributed by atoms with Crippen LogP contribution in [0.4, 0.5) is 5.69 Å². The van der Waals surface area contributed by atoms with Crippen LogP contribution in [0.1, 0.15) is 25.8 Å². The molecular formula is C18H20ClNO2. The van der Waals surface area contributed by atoms with Gasteiger partial charge in [-0.25, -0.2) is 0 Å². The first-order chi connectivity index (χ1) is 10.6. The van der Waals surface area contributed by atoms with Gasteiger partial charge in [-0.05, 0) is 42.7 Å². The van der Waals surface area contributed by atoms with Crippen molar-refractivity contribution in [1.29, 1.82) is 0 Å². The van der Waals surface area contributed by atoms with E-state index in [1.54, 1.807) is 12.1 Å². The lowest BCUT2D eigenvalue weighted by Crippen LogP contribution is -2.32. The predicted octanol–water partition coefficient (Wildman–Crippen LogP) is 4.70. The number of halogens is 1. The summed E-state index contributed by atoms with van der Waals surface area (Å²) in [5.74, 6) is 0.494. The number of aryl methyl sites for hydroxylation is 1. The fourth-order valence-electron chi connectivity index (χ4n) is 2.07. The first-order valence-corrected chi connectivity index (χ1v) is 7.82. The van der Waals surface area contributed by atoms with E-state index in [2.05, 4.69) is 12.2 Å². The lowest BCUT2D eigenvalue weighted by atomic mass is 10.1. The quantitative estimate of drug-likeness (QED) is 0.838. The lowest BCUT2D eigenvalue weighted by molar-refractivity contribution is -0.122. The Morgan fingerprint density at radius 1 is 1.14 bits per heavy atom. The monoisotopic (exact) mass is 317 g/mol. The molecule has 22 heavy (non-hydrogen) atoms. The van der Waals surface area contributed by atoms with Crippen LogP contribution < -0.4 is 10.1 Å². The summed E-state index contributed by atoms with van der Waals surface area (Å²) in [5, 5.41) is 3.32. The van der Waals surface area contributed by atoms with Gasteiger partial charge in [0.05, 0.1) is 10.7 Å². The maximum absolute atomic E-state index is 12.3. The SMILES string of the molecule is CCc1ccc(O[C@H](CC)C(=O)Nc2ccccc2Cl)cc1. The van der Waals surface area contributed by atoms with E-state index in [1.165, 1.54) is 5.56 Å². The molecule has 0 saturated heterocycles. The van der Waals surface area contributed by atoms with Crippen molar-refractivity contribution >= 4 is 23.2 Å². The first kappa shape index (κ1) is 16.4. The largest absolute Gasteiger partial charge is 0.481 e. The van der Waals surface area contributed by atoms with Gasteiger partial charge in [0, 0.05) is 0 Å². The zero-order chi connectivity index (χ0) is 15.9. The third-order valence-electron chi connectivity index (χ3n) is 3.40. The normalized spacial score (nSPS) is 11.8. The molecule has 0 aliphatic carbocycles. The summed E-state index contributed by atoms with van der Waals surface area (Å²) >= 11 is 6.05. The Morgan fingerprint density at radius 2 is 1.82 bits per heavy atom. The predicted molar refractivity (Wildman–Crippen MR) is 90.6 cm³/mol. The molecule has 0 heterocycles. The van der Waals surface area contributed by atoms with Crippen molar-refractivity contribution in [2.45, 2.75) is 32.8 Å². The second kappa shape index (κ2) is 7.85. The molecule has 1 N–H and O–H groups in total. The van der Waals surface area contributed by atoms with E-state index in [-0.39, 0.29) is 5.91 Å². The fourth-order valence-corrected chi connectivity index (χ4v) is 2.25. The average Bonchev–Trinajstić information content (AvgIpc) is 2.55. The van der Waals surface area contributed by atoms with E-state index in [0.717, 1.165) is 6.42 Å². The molecule has 3 nitrogen and oxygen atoms in total. The van der Waals surface area contributed by atoms with Crippen LogP contribution in [0.3, 0.4) is 0 Å². The number of nitrogens with one attached hydrogen (secondary N) is 1. The highest BCUT2D eigenvalue weighted by molar-refractivity contribution is 6.33. The van der Waals surface area contributed by atoms with Crippen molar-refractivity contribution in [2.75, 3.05) is 5.32 Å². The Bertz CT molecular complexity index is 625. The van der Waals surface area contributed by atoms with Crippen LogP contribution in [0, 0.1) is 0 Å². The van der Waals surface area contributed by atoms with Crippen LogP contribution in [0.15, 0.2) is 48.5 Å². The maximum atomic E-state index is 12.3. The Hall–Kier alpha value is -2.00. The molecule has 0 aliphatic rings. The highest BCUT2D eigenvalue weighted by Gasteiger charge is 2.19. The first-order valence-electron chi connectivity index (χ1n) is 7.45. The third-order valence-corrected chi connectivity index (χ3v) is 3.73. The van der Waals surface area contributed by atoms with Gasteiger partial charge in [-0.3, -0.25) is 4.79 Å². The summed E-state index contributed by atoms with van der Waals surface area (Å²) in [7, 11) is 0. The second-order valence-corrected chi connectivity index (χ2v) is 5.39. The molecule has 116 valence electrons. The van der Waals surface area contributed by atoms with Gasteiger partial charge in [-0.1, -0.05) is 49.7 Å². The molecule has 1 atom stereocenters. The molecule has 2 aromatic rings. The van der Waals surface area contributed by atoms with Gasteiger partial charge in [-0.15, -0.1) is 0 Å². The molecule has 0 aliphatic heterocycles. The van der Waals surface area contributed by atoms with Gasteiger partial charge in [0.1, 0.15) is 5.75 Å². The van der Waals surface area contributed by atoms with Crippen molar-refractivity contribution < 1.29 is 9.53 Å². The van der Waals surface area contributed by atoms with Crippen LogP contribution in [0.2, 0.25) is 5.02 Å². The molecular weight excluding hydrogens is 298 g/mol. The molecule has 0 saturated carbocycles. The number of para-hydroxylation sites is 1. The van der Waals surface area contributed by atoms with Gasteiger partial charge in [0.15, 0.2) is 6.10 Å². The molecule has 0 spiro atoms. The van der Waals surface area contributed by atoms with Crippen LogP contribution in [0.5, 0.6) is 5.75 Å². The number of carbonyl (C=O) groups excluding carboxylic acids is 1. The lowest BCUT2D eigenvalue weighted by Gasteiger charge is -2.18. The number of carbonyl (C=O) groups is 1. The fraction of sp³-hybridized carbons (Fsp3) is 0.278.